The van der Waals surface area contributed by atoms with Gasteiger partial charge in [-0.15, -0.1) is 0 Å². The fraction of sp³-hybridized carbons (Fsp3) is 0.438. The topological polar surface area (TPSA) is 86.7 Å². The maximum atomic E-state index is 12.5. The highest BCUT2D eigenvalue weighted by atomic mass is 16.4. The Bertz CT molecular complexity index is 616. The predicted molar refractivity (Wildman–Crippen MR) is 79.2 cm³/mol. The van der Waals surface area contributed by atoms with Gasteiger partial charge >= 0.3 is 5.97 Å². The van der Waals surface area contributed by atoms with Crippen molar-refractivity contribution >= 4 is 23.5 Å². The molecule has 1 saturated carbocycles. The molecule has 1 saturated heterocycles. The smallest absolute Gasteiger partial charge is 0.307 e. The monoisotopic (exact) mass is 302 g/mol. The first kappa shape index (κ1) is 14.6. The molecule has 1 aromatic carbocycles. The fourth-order valence-electron chi connectivity index (χ4n) is 3.06. The van der Waals surface area contributed by atoms with Crippen molar-refractivity contribution in [2.45, 2.75) is 31.8 Å². The molecule has 0 spiro atoms. The summed E-state index contributed by atoms with van der Waals surface area (Å²) >= 11 is 0. The van der Waals surface area contributed by atoms with Crippen molar-refractivity contribution in [3.63, 3.8) is 0 Å². The number of carbonyl (C=O) groups excluding carboxylic acids is 2. The predicted octanol–water partition coefficient (Wildman–Crippen LogP) is 1.02. The molecule has 1 aliphatic carbocycles. The molecule has 22 heavy (non-hydrogen) atoms. The van der Waals surface area contributed by atoms with E-state index >= 15 is 0 Å². The maximum absolute atomic E-state index is 12.5. The van der Waals surface area contributed by atoms with E-state index < -0.39 is 23.8 Å². The molecule has 3 rings (SSSR count). The third-order valence-electron chi connectivity index (χ3n) is 4.35. The van der Waals surface area contributed by atoms with Gasteiger partial charge in [0.05, 0.1) is 11.8 Å². The van der Waals surface area contributed by atoms with Gasteiger partial charge in [-0.25, -0.2) is 0 Å². The summed E-state index contributed by atoms with van der Waals surface area (Å²) in [5.74, 6) is -2.50. The van der Waals surface area contributed by atoms with Crippen LogP contribution in [0.25, 0.3) is 0 Å². The molecule has 2 N–H and O–H groups in total. The van der Waals surface area contributed by atoms with E-state index in [4.69, 9.17) is 5.11 Å². The van der Waals surface area contributed by atoms with E-state index in [2.05, 4.69) is 5.32 Å². The fourth-order valence-corrected chi connectivity index (χ4v) is 3.06. The minimum atomic E-state index is -0.947. The first-order chi connectivity index (χ1) is 10.5. The number of hydrogen-bond acceptors (Lipinski definition) is 3. The largest absolute Gasteiger partial charge is 0.481 e. The van der Waals surface area contributed by atoms with Gasteiger partial charge in [-0.05, 0) is 31.9 Å². The summed E-state index contributed by atoms with van der Waals surface area (Å²) in [5.41, 5.74) is 0.812. The van der Waals surface area contributed by atoms with Gasteiger partial charge in [0.15, 0.2) is 0 Å². The molecule has 2 amide bonds. The molecular formula is C16H18N2O4. The van der Waals surface area contributed by atoms with E-state index in [9.17, 15) is 14.4 Å². The number of anilines is 1. The zero-order valence-corrected chi connectivity index (χ0v) is 12.2. The van der Waals surface area contributed by atoms with Crippen molar-refractivity contribution in [1.82, 2.24) is 5.32 Å². The number of aliphatic carboxylic acids is 1. The van der Waals surface area contributed by atoms with Crippen LogP contribution in [0.15, 0.2) is 30.3 Å². The lowest BCUT2D eigenvalue weighted by atomic mass is 10.1. The Hall–Kier alpha value is -2.37. The lowest BCUT2D eigenvalue weighted by molar-refractivity contribution is -0.140. The van der Waals surface area contributed by atoms with Gasteiger partial charge in [-0.1, -0.05) is 18.2 Å². The Morgan fingerprint density at radius 1 is 1.18 bits per heavy atom. The minimum absolute atomic E-state index is 0.00493. The normalized spacial score (nSPS) is 30.2. The zero-order valence-electron chi connectivity index (χ0n) is 12.2. The van der Waals surface area contributed by atoms with Gasteiger partial charge in [-0.2, -0.15) is 0 Å². The SMILES string of the molecule is C[C@@H]1C[C@H](NC(=O)[C@H]2C[C@@H]2C(=O)O)C(=O)N1c1ccccc1. The summed E-state index contributed by atoms with van der Waals surface area (Å²) in [6.07, 6.45) is 0.893. The van der Waals surface area contributed by atoms with Crippen molar-refractivity contribution in [3.05, 3.63) is 30.3 Å². The number of nitrogens with one attached hydrogen (secondary N) is 1. The summed E-state index contributed by atoms with van der Waals surface area (Å²) in [6.45, 7) is 1.94. The molecule has 0 unspecified atom stereocenters. The molecule has 1 aliphatic heterocycles. The van der Waals surface area contributed by atoms with Gasteiger partial charge in [0.25, 0.3) is 0 Å². The second-order valence-electron chi connectivity index (χ2n) is 5.98. The van der Waals surface area contributed by atoms with Crippen LogP contribution < -0.4 is 10.2 Å². The number of nitrogens with zero attached hydrogens (tertiary/aromatic N) is 1. The second kappa shape index (κ2) is 5.44. The molecule has 4 atom stereocenters. The molecule has 6 nitrogen and oxygen atoms in total. The van der Waals surface area contributed by atoms with Crippen LogP contribution in [0.2, 0.25) is 0 Å². The van der Waals surface area contributed by atoms with Crippen molar-refractivity contribution in [2.75, 3.05) is 4.90 Å². The number of carboxylic acids is 1. The number of carbonyl (C=O) groups is 3. The van der Waals surface area contributed by atoms with E-state index in [0.29, 0.717) is 12.8 Å². The van der Waals surface area contributed by atoms with Gasteiger partial charge in [0.2, 0.25) is 11.8 Å². The summed E-state index contributed by atoms with van der Waals surface area (Å²) in [6, 6.07) is 8.76. The highest BCUT2D eigenvalue weighted by Crippen LogP contribution is 2.39. The average molecular weight is 302 g/mol. The van der Waals surface area contributed by atoms with Crippen LogP contribution in [0.5, 0.6) is 0 Å². The quantitative estimate of drug-likeness (QED) is 0.869. The van der Waals surface area contributed by atoms with Crippen molar-refractivity contribution in [1.29, 1.82) is 0 Å². The van der Waals surface area contributed by atoms with Crippen LogP contribution in [-0.2, 0) is 14.4 Å². The Labute approximate surface area is 128 Å². The van der Waals surface area contributed by atoms with Gasteiger partial charge in [-0.3, -0.25) is 14.4 Å². The summed E-state index contributed by atoms with van der Waals surface area (Å²) in [4.78, 5) is 37.0. The molecule has 0 bridgehead atoms. The average Bonchev–Trinajstić information content (AvgIpc) is 3.23. The Balaban J connectivity index is 1.66. The van der Waals surface area contributed by atoms with Crippen LogP contribution in [-0.4, -0.2) is 35.0 Å². The van der Waals surface area contributed by atoms with Gasteiger partial charge in [0, 0.05) is 11.7 Å². The van der Waals surface area contributed by atoms with Crippen LogP contribution in [0.1, 0.15) is 19.8 Å². The summed E-state index contributed by atoms with van der Waals surface area (Å²) in [7, 11) is 0. The van der Waals surface area contributed by atoms with Crippen LogP contribution in [0, 0.1) is 11.8 Å². The minimum Gasteiger partial charge on any atom is -0.481 e. The molecule has 0 radical (unpaired) electrons. The van der Waals surface area contributed by atoms with Crippen LogP contribution in [0.3, 0.4) is 0 Å². The number of benzene rings is 1. The van der Waals surface area contributed by atoms with Crippen LogP contribution in [0.4, 0.5) is 5.69 Å². The second-order valence-corrected chi connectivity index (χ2v) is 5.98. The van der Waals surface area contributed by atoms with Crippen molar-refractivity contribution in [3.8, 4) is 0 Å². The van der Waals surface area contributed by atoms with Crippen molar-refractivity contribution < 1.29 is 19.5 Å². The highest BCUT2D eigenvalue weighted by Gasteiger charge is 2.50. The first-order valence-electron chi connectivity index (χ1n) is 7.40. The van der Waals surface area contributed by atoms with Crippen LogP contribution >= 0.6 is 0 Å². The molecule has 1 aromatic rings. The lowest BCUT2D eigenvalue weighted by Crippen LogP contribution is -2.42. The van der Waals surface area contributed by atoms with E-state index in [1.54, 1.807) is 4.90 Å². The zero-order chi connectivity index (χ0) is 15.9. The molecule has 116 valence electrons. The molecule has 1 heterocycles. The molecule has 2 fully saturated rings. The highest BCUT2D eigenvalue weighted by molar-refractivity contribution is 6.02. The number of rotatable bonds is 4. The Morgan fingerprint density at radius 3 is 2.45 bits per heavy atom. The first-order valence-corrected chi connectivity index (χ1v) is 7.40. The van der Waals surface area contributed by atoms with E-state index in [1.807, 2.05) is 37.3 Å². The standard InChI is InChI=1S/C16H18N2O4/c1-9-7-13(17-14(19)11-8-12(11)16(21)22)15(20)18(9)10-5-3-2-4-6-10/h2-6,9,11-13H,7-8H2,1H3,(H,17,19)(H,21,22)/t9-,11+,12+,13+/m1/s1. The molecule has 6 heteroatoms. The molecular weight excluding hydrogens is 284 g/mol. The van der Waals surface area contributed by atoms with E-state index in [-0.39, 0.29) is 17.9 Å². The Kier molecular flexibility index (Phi) is 3.60. The Morgan fingerprint density at radius 2 is 1.86 bits per heavy atom. The lowest BCUT2D eigenvalue weighted by Gasteiger charge is -2.21. The molecule has 0 aromatic heterocycles. The third kappa shape index (κ3) is 2.56. The number of para-hydroxylation sites is 1. The van der Waals surface area contributed by atoms with E-state index in [0.717, 1.165) is 5.69 Å². The third-order valence-corrected chi connectivity index (χ3v) is 4.35. The number of hydrogen-bond donors (Lipinski definition) is 2. The van der Waals surface area contributed by atoms with Crippen molar-refractivity contribution in [2.24, 2.45) is 11.8 Å². The van der Waals surface area contributed by atoms with E-state index in [1.165, 1.54) is 0 Å². The maximum Gasteiger partial charge on any atom is 0.307 e. The summed E-state index contributed by atoms with van der Waals surface area (Å²) in [5, 5.41) is 11.6. The number of carboxylic acid groups (broad SMARTS) is 1. The summed E-state index contributed by atoms with van der Waals surface area (Å²) < 4.78 is 0. The molecule has 2 aliphatic rings. The number of amides is 2. The van der Waals surface area contributed by atoms with Gasteiger partial charge < -0.3 is 15.3 Å². The van der Waals surface area contributed by atoms with Gasteiger partial charge in [0.1, 0.15) is 6.04 Å².